The number of amides is 1. The minimum absolute atomic E-state index is 0.0414. The van der Waals surface area contributed by atoms with E-state index >= 15 is 0 Å². The van der Waals surface area contributed by atoms with Gasteiger partial charge in [0.2, 0.25) is 5.91 Å². The molecule has 0 saturated carbocycles. The van der Waals surface area contributed by atoms with Crippen molar-refractivity contribution in [3.8, 4) is 0 Å². The fourth-order valence-electron chi connectivity index (χ4n) is 2.37. The largest absolute Gasteiger partial charge is 0.478 e. The van der Waals surface area contributed by atoms with E-state index in [0.717, 1.165) is 11.8 Å². The Balaban J connectivity index is 2.20. The quantitative estimate of drug-likeness (QED) is 0.860. The number of carbonyl (C=O) groups excluding carboxylic acids is 1. The van der Waals surface area contributed by atoms with Gasteiger partial charge in [0.25, 0.3) is 0 Å². The fraction of sp³-hybridized carbons (Fsp3) is 0.333. The first-order valence-corrected chi connectivity index (χ1v) is 6.68. The third kappa shape index (κ3) is 3.81. The summed E-state index contributed by atoms with van der Waals surface area (Å²) in [6.07, 6.45) is 2.38. The average Bonchev–Trinajstić information content (AvgIpc) is 2.45. The van der Waals surface area contributed by atoms with E-state index in [-0.39, 0.29) is 5.91 Å². The van der Waals surface area contributed by atoms with Crippen LogP contribution in [0.5, 0.6) is 0 Å². The molecule has 1 aromatic rings. The minimum atomic E-state index is -1.08. The van der Waals surface area contributed by atoms with Crippen LogP contribution in [0, 0.1) is 5.82 Å². The molecular weight excluding hydrogens is 275 g/mol. The van der Waals surface area contributed by atoms with Gasteiger partial charge in [0.05, 0.1) is 0 Å². The van der Waals surface area contributed by atoms with Crippen molar-refractivity contribution in [3.63, 3.8) is 0 Å². The molecule has 1 aliphatic rings. The van der Waals surface area contributed by atoms with Crippen LogP contribution < -0.4 is 4.90 Å². The van der Waals surface area contributed by atoms with Crippen molar-refractivity contribution in [2.24, 2.45) is 0 Å². The van der Waals surface area contributed by atoms with E-state index in [4.69, 9.17) is 5.11 Å². The zero-order valence-corrected chi connectivity index (χ0v) is 11.8. The Morgan fingerprint density at radius 2 is 1.90 bits per heavy atom. The maximum absolute atomic E-state index is 13.4. The Labute approximate surface area is 122 Å². The SMILES string of the molecule is CC(=O)N1CCN(c2ccc(F)cc2/C=C/C(=O)O)CC1. The molecule has 0 radical (unpaired) electrons. The molecule has 1 fully saturated rings. The van der Waals surface area contributed by atoms with Gasteiger partial charge in [0, 0.05) is 50.4 Å². The standard InChI is InChI=1S/C15H17FN2O3/c1-11(19)17-6-8-18(9-7-17)14-4-3-13(16)10-12(14)2-5-15(20)21/h2-5,10H,6-9H2,1H3,(H,20,21)/b5-2+. The third-order valence-corrected chi connectivity index (χ3v) is 3.46. The monoisotopic (exact) mass is 292 g/mol. The van der Waals surface area contributed by atoms with E-state index in [1.165, 1.54) is 25.1 Å². The van der Waals surface area contributed by atoms with Crippen LogP contribution in [0.1, 0.15) is 12.5 Å². The van der Waals surface area contributed by atoms with Crippen LogP contribution in [0.25, 0.3) is 6.08 Å². The van der Waals surface area contributed by atoms with Gasteiger partial charge in [-0.1, -0.05) is 0 Å². The summed E-state index contributed by atoms with van der Waals surface area (Å²) in [5.74, 6) is -1.45. The molecule has 6 heteroatoms. The molecule has 0 unspecified atom stereocenters. The van der Waals surface area contributed by atoms with Crippen LogP contribution in [-0.2, 0) is 9.59 Å². The predicted molar refractivity (Wildman–Crippen MR) is 77.5 cm³/mol. The van der Waals surface area contributed by atoms with E-state index in [1.807, 2.05) is 4.90 Å². The van der Waals surface area contributed by atoms with E-state index in [0.29, 0.717) is 31.7 Å². The van der Waals surface area contributed by atoms with Crippen LogP contribution in [0.3, 0.4) is 0 Å². The number of carbonyl (C=O) groups is 2. The lowest BCUT2D eigenvalue weighted by Crippen LogP contribution is -2.48. The third-order valence-electron chi connectivity index (χ3n) is 3.46. The molecule has 2 rings (SSSR count). The zero-order valence-electron chi connectivity index (χ0n) is 11.8. The molecule has 0 aromatic heterocycles. The summed E-state index contributed by atoms with van der Waals surface area (Å²) in [4.78, 5) is 25.7. The smallest absolute Gasteiger partial charge is 0.328 e. The second-order valence-electron chi connectivity index (χ2n) is 4.87. The topological polar surface area (TPSA) is 60.9 Å². The molecule has 5 nitrogen and oxygen atoms in total. The van der Waals surface area contributed by atoms with Gasteiger partial charge in [0.1, 0.15) is 5.82 Å². The average molecular weight is 292 g/mol. The van der Waals surface area contributed by atoms with Gasteiger partial charge in [-0.3, -0.25) is 4.79 Å². The molecule has 21 heavy (non-hydrogen) atoms. The number of anilines is 1. The Bertz CT molecular complexity index is 578. The number of rotatable bonds is 3. The summed E-state index contributed by atoms with van der Waals surface area (Å²) in [7, 11) is 0. The first kappa shape index (κ1) is 15.0. The molecular formula is C15H17FN2O3. The second kappa shape index (κ2) is 6.39. The molecule has 1 saturated heterocycles. The summed E-state index contributed by atoms with van der Waals surface area (Å²) >= 11 is 0. The molecule has 0 aliphatic carbocycles. The van der Waals surface area contributed by atoms with Crippen molar-refractivity contribution in [3.05, 3.63) is 35.7 Å². The number of carboxylic acid groups (broad SMARTS) is 1. The second-order valence-corrected chi connectivity index (χ2v) is 4.87. The van der Waals surface area contributed by atoms with Crippen molar-refractivity contribution >= 4 is 23.6 Å². The number of halogens is 1. The van der Waals surface area contributed by atoms with Gasteiger partial charge in [-0.05, 0) is 24.3 Å². The Morgan fingerprint density at radius 1 is 1.24 bits per heavy atom. The molecule has 112 valence electrons. The van der Waals surface area contributed by atoms with Crippen LogP contribution in [-0.4, -0.2) is 48.1 Å². The lowest BCUT2D eigenvalue weighted by molar-refractivity contribution is -0.131. The van der Waals surface area contributed by atoms with Gasteiger partial charge in [-0.15, -0.1) is 0 Å². The van der Waals surface area contributed by atoms with Crippen LogP contribution in [0.4, 0.5) is 10.1 Å². The Kier molecular flexibility index (Phi) is 4.57. The fourth-order valence-corrected chi connectivity index (χ4v) is 2.37. The molecule has 1 N–H and O–H groups in total. The van der Waals surface area contributed by atoms with Crippen molar-refractivity contribution in [1.82, 2.24) is 4.90 Å². The summed E-state index contributed by atoms with van der Waals surface area (Å²) < 4.78 is 13.4. The van der Waals surface area contributed by atoms with Crippen LogP contribution in [0.15, 0.2) is 24.3 Å². The van der Waals surface area contributed by atoms with E-state index in [2.05, 4.69) is 0 Å². The Morgan fingerprint density at radius 3 is 2.48 bits per heavy atom. The summed E-state index contributed by atoms with van der Waals surface area (Å²) in [6.45, 7) is 4.02. The summed E-state index contributed by atoms with van der Waals surface area (Å²) in [6, 6.07) is 4.30. The van der Waals surface area contributed by atoms with Gasteiger partial charge in [-0.25, -0.2) is 9.18 Å². The molecule has 0 bridgehead atoms. The highest BCUT2D eigenvalue weighted by Gasteiger charge is 2.20. The molecule has 0 atom stereocenters. The first-order valence-electron chi connectivity index (χ1n) is 6.68. The first-order chi connectivity index (χ1) is 9.97. The lowest BCUT2D eigenvalue weighted by atomic mass is 10.1. The van der Waals surface area contributed by atoms with Crippen molar-refractivity contribution in [1.29, 1.82) is 0 Å². The number of hydrogen-bond donors (Lipinski definition) is 1. The molecule has 1 heterocycles. The maximum Gasteiger partial charge on any atom is 0.328 e. The number of aliphatic carboxylic acids is 1. The maximum atomic E-state index is 13.4. The van der Waals surface area contributed by atoms with E-state index in [1.54, 1.807) is 11.0 Å². The Hall–Kier alpha value is -2.37. The predicted octanol–water partition coefficient (Wildman–Crippen LogP) is 1.59. The normalized spacial score (nSPS) is 15.5. The van der Waals surface area contributed by atoms with Gasteiger partial charge in [-0.2, -0.15) is 0 Å². The highest BCUT2D eigenvalue weighted by molar-refractivity contribution is 5.87. The van der Waals surface area contributed by atoms with Crippen molar-refractivity contribution in [2.75, 3.05) is 31.1 Å². The van der Waals surface area contributed by atoms with Gasteiger partial charge in [0.15, 0.2) is 0 Å². The highest BCUT2D eigenvalue weighted by Crippen LogP contribution is 2.24. The molecule has 1 aliphatic heterocycles. The van der Waals surface area contributed by atoms with Gasteiger partial charge >= 0.3 is 5.97 Å². The molecule has 0 spiro atoms. The van der Waals surface area contributed by atoms with Crippen molar-refractivity contribution in [2.45, 2.75) is 6.92 Å². The molecule has 1 amide bonds. The van der Waals surface area contributed by atoms with Crippen LogP contribution in [0.2, 0.25) is 0 Å². The number of carboxylic acids is 1. The molecule has 1 aromatic carbocycles. The summed E-state index contributed by atoms with van der Waals surface area (Å²) in [5.41, 5.74) is 1.30. The number of piperazine rings is 1. The number of benzene rings is 1. The summed E-state index contributed by atoms with van der Waals surface area (Å²) in [5, 5.41) is 8.70. The highest BCUT2D eigenvalue weighted by atomic mass is 19.1. The van der Waals surface area contributed by atoms with Crippen molar-refractivity contribution < 1.29 is 19.1 Å². The van der Waals surface area contributed by atoms with E-state index < -0.39 is 11.8 Å². The zero-order chi connectivity index (χ0) is 15.4. The lowest BCUT2D eigenvalue weighted by Gasteiger charge is -2.36. The number of nitrogens with zero attached hydrogens (tertiary/aromatic N) is 2. The number of hydrogen-bond acceptors (Lipinski definition) is 3. The minimum Gasteiger partial charge on any atom is -0.478 e. The van der Waals surface area contributed by atoms with E-state index in [9.17, 15) is 14.0 Å². The van der Waals surface area contributed by atoms with Crippen LogP contribution >= 0.6 is 0 Å². The van der Waals surface area contributed by atoms with Gasteiger partial charge < -0.3 is 14.9 Å².